The summed E-state index contributed by atoms with van der Waals surface area (Å²) >= 11 is 19.9. The summed E-state index contributed by atoms with van der Waals surface area (Å²) in [5, 5.41) is 1.70. The number of hydrogen-bond acceptors (Lipinski definition) is 3. The van der Waals surface area contributed by atoms with E-state index in [0.29, 0.717) is 55.9 Å². The minimum atomic E-state index is -2.10. The molecular formula is C25H29Cl3N2O2Si. The summed E-state index contributed by atoms with van der Waals surface area (Å²) in [7, 11) is -2.10. The molecule has 0 aliphatic heterocycles. The molecule has 0 fully saturated rings. The second kappa shape index (κ2) is 9.93. The van der Waals surface area contributed by atoms with Crippen molar-refractivity contribution < 1.29 is 4.43 Å². The van der Waals surface area contributed by atoms with E-state index in [9.17, 15) is 4.79 Å². The lowest BCUT2D eigenvalue weighted by Gasteiger charge is -2.36. The quantitative estimate of drug-likeness (QED) is 0.233. The Morgan fingerprint density at radius 3 is 2.36 bits per heavy atom. The first-order valence-corrected chi connectivity index (χ1v) is 14.8. The first kappa shape index (κ1) is 26.0. The molecule has 3 rings (SSSR count). The number of halogens is 3. The van der Waals surface area contributed by atoms with Gasteiger partial charge < -0.3 is 8.99 Å². The Morgan fingerprint density at radius 1 is 1.15 bits per heavy atom. The minimum Gasteiger partial charge on any atom is -0.411 e. The lowest BCUT2D eigenvalue weighted by atomic mass is 10.1. The molecule has 0 aliphatic rings. The summed E-state index contributed by atoms with van der Waals surface area (Å²) in [4.78, 5) is 17.8. The van der Waals surface area contributed by atoms with Gasteiger partial charge in [0, 0.05) is 12.3 Å². The van der Waals surface area contributed by atoms with E-state index < -0.39 is 8.32 Å². The SMILES string of the molecule is C=CCCc1ncc(Cl)c2c1c(=O)cc(CO[Si](C)(C)C(C)(C)C)n2-c1c(Cl)cccc1Cl. The van der Waals surface area contributed by atoms with Crippen molar-refractivity contribution in [1.29, 1.82) is 0 Å². The van der Waals surface area contributed by atoms with Gasteiger partial charge in [0.15, 0.2) is 13.7 Å². The van der Waals surface area contributed by atoms with E-state index in [2.05, 4.69) is 45.4 Å². The Hall–Kier alpha value is -1.63. The second-order valence-electron chi connectivity index (χ2n) is 9.56. The number of allylic oxidation sites excluding steroid dienone is 1. The van der Waals surface area contributed by atoms with E-state index in [1.807, 2.05) is 4.57 Å². The monoisotopic (exact) mass is 522 g/mol. The van der Waals surface area contributed by atoms with Crippen molar-refractivity contribution >= 4 is 54.0 Å². The van der Waals surface area contributed by atoms with Gasteiger partial charge in [-0.25, -0.2) is 0 Å². The van der Waals surface area contributed by atoms with E-state index in [1.165, 1.54) is 0 Å². The van der Waals surface area contributed by atoms with Crippen LogP contribution in [0.4, 0.5) is 0 Å². The van der Waals surface area contributed by atoms with Crippen molar-refractivity contribution in [1.82, 2.24) is 9.55 Å². The Balaban J connectivity index is 2.37. The highest BCUT2D eigenvalue weighted by Gasteiger charge is 2.37. The van der Waals surface area contributed by atoms with Crippen LogP contribution in [0.25, 0.3) is 16.6 Å². The molecule has 0 saturated carbocycles. The molecule has 0 spiro atoms. The Kier molecular flexibility index (Phi) is 7.81. The predicted octanol–water partition coefficient (Wildman–Crippen LogP) is 7.99. The zero-order valence-electron chi connectivity index (χ0n) is 19.6. The van der Waals surface area contributed by atoms with Crippen molar-refractivity contribution in [3.8, 4) is 5.69 Å². The predicted molar refractivity (Wildman–Crippen MR) is 143 cm³/mol. The molecule has 2 heterocycles. The Labute approximate surface area is 211 Å². The summed E-state index contributed by atoms with van der Waals surface area (Å²) in [5.41, 5.74) is 2.22. The normalized spacial score (nSPS) is 12.4. The fourth-order valence-corrected chi connectivity index (χ4v) is 5.13. The molecular weight excluding hydrogens is 495 g/mol. The van der Waals surface area contributed by atoms with Crippen molar-refractivity contribution in [3.05, 3.63) is 79.8 Å². The van der Waals surface area contributed by atoms with Crippen LogP contribution in [-0.2, 0) is 17.5 Å². The van der Waals surface area contributed by atoms with Gasteiger partial charge in [0.1, 0.15) is 0 Å². The van der Waals surface area contributed by atoms with E-state index in [0.717, 1.165) is 0 Å². The maximum atomic E-state index is 13.4. The molecule has 1 aromatic carbocycles. The molecule has 4 nitrogen and oxygen atoms in total. The van der Waals surface area contributed by atoms with Crippen LogP contribution in [0.5, 0.6) is 0 Å². The molecule has 0 N–H and O–H groups in total. The van der Waals surface area contributed by atoms with Gasteiger partial charge in [-0.1, -0.05) is 67.7 Å². The van der Waals surface area contributed by atoms with Gasteiger partial charge in [-0.2, -0.15) is 0 Å². The van der Waals surface area contributed by atoms with E-state index in [4.69, 9.17) is 39.2 Å². The molecule has 0 amide bonds. The highest BCUT2D eigenvalue weighted by atomic mass is 35.5. The third kappa shape index (κ3) is 5.23. The number of benzene rings is 1. The fourth-order valence-electron chi connectivity index (χ4n) is 3.39. The van der Waals surface area contributed by atoms with Crippen LogP contribution < -0.4 is 5.43 Å². The number of nitrogens with zero attached hydrogens (tertiary/aromatic N) is 2. The van der Waals surface area contributed by atoms with Gasteiger partial charge in [0.05, 0.1) is 49.7 Å². The van der Waals surface area contributed by atoms with Crippen LogP contribution in [0.15, 0.2) is 47.9 Å². The topological polar surface area (TPSA) is 44.1 Å². The average molecular weight is 524 g/mol. The zero-order valence-corrected chi connectivity index (χ0v) is 22.9. The zero-order chi connectivity index (χ0) is 24.6. The van der Waals surface area contributed by atoms with Gasteiger partial charge >= 0.3 is 0 Å². The lowest BCUT2D eigenvalue weighted by molar-refractivity contribution is 0.270. The average Bonchev–Trinajstić information content (AvgIpc) is 2.72. The van der Waals surface area contributed by atoms with Gasteiger partial charge in [-0.15, -0.1) is 6.58 Å². The number of para-hydroxylation sites is 1. The number of pyridine rings is 2. The third-order valence-electron chi connectivity index (χ3n) is 6.27. The maximum Gasteiger partial charge on any atom is 0.192 e. The van der Waals surface area contributed by atoms with Gasteiger partial charge in [0.25, 0.3) is 0 Å². The smallest absolute Gasteiger partial charge is 0.192 e. The van der Waals surface area contributed by atoms with Crippen molar-refractivity contribution in [2.75, 3.05) is 0 Å². The lowest BCUT2D eigenvalue weighted by Crippen LogP contribution is -2.40. The molecule has 3 aromatic rings. The Bertz CT molecular complexity index is 1240. The number of rotatable bonds is 7. The number of aryl methyl sites for hydroxylation is 1. The standard InChI is InChI=1S/C25H29Cl3N2O2Si/c1-7-8-12-20-22-21(31)13-16(15-32-33(5,6)25(2,3)4)30(24(22)19(28)14-29-20)23-17(26)10-9-11-18(23)27/h7,9-11,13-14H,1,8,12,15H2,2-6H3. The number of fused-ring (bicyclic) bond motifs is 1. The van der Waals surface area contributed by atoms with E-state index in [-0.39, 0.29) is 17.1 Å². The minimum absolute atomic E-state index is 0.0103. The molecule has 0 bridgehead atoms. The van der Waals surface area contributed by atoms with Crippen LogP contribution in [0.2, 0.25) is 33.2 Å². The van der Waals surface area contributed by atoms with Crippen LogP contribution in [-0.4, -0.2) is 17.9 Å². The molecule has 0 saturated heterocycles. The fraction of sp³-hybridized carbons (Fsp3) is 0.360. The third-order valence-corrected chi connectivity index (χ3v) is 11.6. The second-order valence-corrected chi connectivity index (χ2v) is 15.6. The molecule has 0 unspecified atom stereocenters. The molecule has 0 atom stereocenters. The van der Waals surface area contributed by atoms with E-state index >= 15 is 0 Å². The molecule has 33 heavy (non-hydrogen) atoms. The first-order valence-electron chi connectivity index (χ1n) is 10.8. The van der Waals surface area contributed by atoms with Crippen molar-refractivity contribution in [2.45, 2.75) is 58.4 Å². The molecule has 8 heteroatoms. The van der Waals surface area contributed by atoms with Crippen LogP contribution in [0, 0.1) is 0 Å². The highest BCUT2D eigenvalue weighted by molar-refractivity contribution is 6.74. The van der Waals surface area contributed by atoms with Crippen LogP contribution in [0.3, 0.4) is 0 Å². The van der Waals surface area contributed by atoms with Crippen LogP contribution >= 0.6 is 34.8 Å². The largest absolute Gasteiger partial charge is 0.411 e. The molecule has 0 aliphatic carbocycles. The number of hydrogen-bond donors (Lipinski definition) is 0. The molecule has 2 aromatic heterocycles. The van der Waals surface area contributed by atoms with E-state index in [1.54, 1.807) is 36.5 Å². The summed E-state index contributed by atoms with van der Waals surface area (Å²) in [6.07, 6.45) is 4.63. The van der Waals surface area contributed by atoms with Crippen molar-refractivity contribution in [3.63, 3.8) is 0 Å². The van der Waals surface area contributed by atoms with Crippen LogP contribution in [0.1, 0.15) is 38.6 Å². The maximum absolute atomic E-state index is 13.4. The first-order chi connectivity index (χ1) is 15.4. The summed E-state index contributed by atoms with van der Waals surface area (Å²) < 4.78 is 8.34. The van der Waals surface area contributed by atoms with Gasteiger partial charge in [-0.05, 0) is 43.1 Å². The molecule has 176 valence electrons. The summed E-state index contributed by atoms with van der Waals surface area (Å²) in [5.74, 6) is 0. The number of aromatic nitrogens is 2. The summed E-state index contributed by atoms with van der Waals surface area (Å²) in [6.45, 7) is 14.9. The Morgan fingerprint density at radius 2 is 1.79 bits per heavy atom. The summed E-state index contributed by atoms with van der Waals surface area (Å²) in [6, 6.07) is 6.89. The van der Waals surface area contributed by atoms with Crippen molar-refractivity contribution in [2.24, 2.45) is 0 Å². The molecule has 0 radical (unpaired) electrons. The highest BCUT2D eigenvalue weighted by Crippen LogP contribution is 2.38. The van der Waals surface area contributed by atoms with Gasteiger partial charge in [-0.3, -0.25) is 9.78 Å². The van der Waals surface area contributed by atoms with Gasteiger partial charge in [0.2, 0.25) is 0 Å².